The fraction of sp³-hybridized carbons (Fsp3) is 0.250. The quantitative estimate of drug-likeness (QED) is 0.890. The lowest BCUT2D eigenvalue weighted by molar-refractivity contribution is 0.251. The largest absolute Gasteiger partial charge is 0.497 e. The SMILES string of the molecule is COc1ccc(NC(=O)N[C@@H]2C=CS(=O)(=O)C2)c(Cl)c1. The Kier molecular flexibility index (Phi) is 4.20. The normalized spacial score (nSPS) is 19.6. The van der Waals surface area contributed by atoms with Gasteiger partial charge in [0.05, 0.1) is 29.6 Å². The Balaban J connectivity index is 1.97. The molecular weight excluding hydrogens is 304 g/mol. The minimum Gasteiger partial charge on any atom is -0.497 e. The van der Waals surface area contributed by atoms with Gasteiger partial charge in [0.25, 0.3) is 0 Å². The molecule has 0 aliphatic carbocycles. The first kappa shape index (κ1) is 14.7. The molecule has 1 aliphatic heterocycles. The maximum atomic E-state index is 11.7. The van der Waals surface area contributed by atoms with E-state index in [0.29, 0.717) is 16.5 Å². The van der Waals surface area contributed by atoms with Gasteiger partial charge in [-0.05, 0) is 18.2 Å². The number of methoxy groups -OCH3 is 1. The number of sulfone groups is 1. The van der Waals surface area contributed by atoms with Gasteiger partial charge in [-0.1, -0.05) is 11.6 Å². The highest BCUT2D eigenvalue weighted by Crippen LogP contribution is 2.26. The molecule has 0 bridgehead atoms. The monoisotopic (exact) mass is 316 g/mol. The predicted octanol–water partition coefficient (Wildman–Crippen LogP) is 1.78. The molecule has 1 atom stereocenters. The van der Waals surface area contributed by atoms with Crippen LogP contribution in [0.5, 0.6) is 5.75 Å². The second kappa shape index (κ2) is 5.72. The molecule has 0 saturated heterocycles. The molecule has 0 unspecified atom stereocenters. The fourth-order valence-electron chi connectivity index (χ4n) is 1.72. The molecule has 2 rings (SSSR count). The summed E-state index contributed by atoms with van der Waals surface area (Å²) in [4.78, 5) is 11.7. The van der Waals surface area contributed by atoms with Gasteiger partial charge in [-0.2, -0.15) is 0 Å². The van der Waals surface area contributed by atoms with Crippen LogP contribution in [0.25, 0.3) is 0 Å². The molecule has 1 aromatic carbocycles. The number of rotatable bonds is 3. The average molecular weight is 317 g/mol. The van der Waals surface area contributed by atoms with Crippen molar-refractivity contribution in [1.82, 2.24) is 5.32 Å². The van der Waals surface area contributed by atoms with Gasteiger partial charge in [-0.3, -0.25) is 0 Å². The van der Waals surface area contributed by atoms with Gasteiger partial charge >= 0.3 is 6.03 Å². The van der Waals surface area contributed by atoms with Crippen LogP contribution in [0.3, 0.4) is 0 Å². The van der Waals surface area contributed by atoms with Gasteiger partial charge in [0.2, 0.25) is 0 Å². The van der Waals surface area contributed by atoms with Crippen LogP contribution >= 0.6 is 11.6 Å². The van der Waals surface area contributed by atoms with Crippen molar-refractivity contribution in [2.24, 2.45) is 0 Å². The third-order valence-corrected chi connectivity index (χ3v) is 4.38. The maximum Gasteiger partial charge on any atom is 0.319 e. The molecule has 2 amide bonds. The minimum atomic E-state index is -3.20. The minimum absolute atomic E-state index is 0.128. The van der Waals surface area contributed by atoms with E-state index in [4.69, 9.17) is 16.3 Å². The smallest absolute Gasteiger partial charge is 0.319 e. The molecule has 0 fully saturated rings. The van der Waals surface area contributed by atoms with E-state index in [1.54, 1.807) is 18.2 Å². The van der Waals surface area contributed by atoms with Crippen LogP contribution in [0.4, 0.5) is 10.5 Å². The predicted molar refractivity (Wildman–Crippen MR) is 76.9 cm³/mol. The first-order chi connectivity index (χ1) is 9.39. The summed E-state index contributed by atoms with van der Waals surface area (Å²) in [7, 11) is -1.68. The van der Waals surface area contributed by atoms with Gasteiger partial charge < -0.3 is 15.4 Å². The van der Waals surface area contributed by atoms with Crippen molar-refractivity contribution in [3.05, 3.63) is 34.7 Å². The third kappa shape index (κ3) is 3.64. The summed E-state index contributed by atoms with van der Waals surface area (Å²) >= 11 is 5.98. The first-order valence-corrected chi connectivity index (χ1v) is 7.81. The van der Waals surface area contributed by atoms with E-state index < -0.39 is 21.9 Å². The molecule has 8 heteroatoms. The Morgan fingerprint density at radius 3 is 2.75 bits per heavy atom. The molecule has 6 nitrogen and oxygen atoms in total. The molecule has 108 valence electrons. The van der Waals surface area contributed by atoms with Gasteiger partial charge in [0.1, 0.15) is 5.75 Å². The maximum absolute atomic E-state index is 11.7. The number of halogens is 1. The Morgan fingerprint density at radius 1 is 1.45 bits per heavy atom. The van der Waals surface area contributed by atoms with Gasteiger partial charge in [0.15, 0.2) is 9.84 Å². The highest BCUT2D eigenvalue weighted by Gasteiger charge is 2.23. The lowest BCUT2D eigenvalue weighted by Gasteiger charge is -2.12. The molecule has 0 radical (unpaired) electrons. The molecular formula is C12H13ClN2O4S. The van der Waals surface area contributed by atoms with Crippen molar-refractivity contribution < 1.29 is 17.9 Å². The van der Waals surface area contributed by atoms with E-state index in [1.165, 1.54) is 13.2 Å². The molecule has 20 heavy (non-hydrogen) atoms. The number of amides is 2. The number of carbonyl (C=O) groups is 1. The summed E-state index contributed by atoms with van der Waals surface area (Å²) < 4.78 is 27.4. The van der Waals surface area contributed by atoms with E-state index in [2.05, 4.69) is 10.6 Å². The van der Waals surface area contributed by atoms with E-state index >= 15 is 0 Å². The van der Waals surface area contributed by atoms with Crippen LogP contribution in [-0.4, -0.2) is 33.4 Å². The molecule has 1 aromatic rings. The summed E-state index contributed by atoms with van der Waals surface area (Å²) in [5, 5.41) is 6.51. The Bertz CT molecular complexity index is 657. The highest BCUT2D eigenvalue weighted by molar-refractivity contribution is 7.94. The summed E-state index contributed by atoms with van der Waals surface area (Å²) in [6.07, 6.45) is 1.44. The fourth-order valence-corrected chi connectivity index (χ4v) is 3.17. The number of urea groups is 1. The van der Waals surface area contributed by atoms with Crippen molar-refractivity contribution in [1.29, 1.82) is 0 Å². The number of ether oxygens (including phenoxy) is 1. The first-order valence-electron chi connectivity index (χ1n) is 5.71. The van der Waals surface area contributed by atoms with E-state index in [9.17, 15) is 13.2 Å². The number of hydrogen-bond acceptors (Lipinski definition) is 4. The van der Waals surface area contributed by atoms with Crippen molar-refractivity contribution in [2.75, 3.05) is 18.2 Å². The van der Waals surface area contributed by atoms with Crippen molar-refractivity contribution in [3.63, 3.8) is 0 Å². The molecule has 2 N–H and O–H groups in total. The summed E-state index contributed by atoms with van der Waals surface area (Å²) in [5.41, 5.74) is 0.412. The molecule has 1 aliphatic rings. The molecule has 1 heterocycles. The lowest BCUT2D eigenvalue weighted by Crippen LogP contribution is -2.38. The Hall–Kier alpha value is -1.73. The van der Waals surface area contributed by atoms with E-state index in [1.807, 2.05) is 0 Å². The zero-order valence-electron chi connectivity index (χ0n) is 10.6. The molecule has 0 spiro atoms. The number of hydrogen-bond donors (Lipinski definition) is 2. The zero-order valence-corrected chi connectivity index (χ0v) is 12.2. The Labute approximate surface area is 121 Å². The summed E-state index contributed by atoms with van der Waals surface area (Å²) in [5.74, 6) is 0.447. The molecule has 0 aromatic heterocycles. The lowest BCUT2D eigenvalue weighted by atomic mass is 10.3. The van der Waals surface area contributed by atoms with Crippen LogP contribution in [0.2, 0.25) is 5.02 Å². The second-order valence-electron chi connectivity index (χ2n) is 4.21. The van der Waals surface area contributed by atoms with Gasteiger partial charge in [0, 0.05) is 11.5 Å². The summed E-state index contributed by atoms with van der Waals surface area (Å²) in [6, 6.07) is 3.77. The zero-order chi connectivity index (χ0) is 14.8. The molecule has 0 saturated carbocycles. The third-order valence-electron chi connectivity index (χ3n) is 2.67. The summed E-state index contributed by atoms with van der Waals surface area (Å²) in [6.45, 7) is 0. The number of nitrogens with one attached hydrogen (secondary N) is 2. The average Bonchev–Trinajstić information content (AvgIpc) is 2.71. The standard InChI is InChI=1S/C12H13ClN2O4S/c1-19-9-2-3-11(10(13)6-9)15-12(16)14-8-4-5-20(17,18)7-8/h2-6,8H,7H2,1H3,(H2,14,15,16)/t8-/m1/s1. The van der Waals surface area contributed by atoms with Crippen molar-refractivity contribution in [2.45, 2.75) is 6.04 Å². The van der Waals surface area contributed by atoms with Crippen LogP contribution in [-0.2, 0) is 9.84 Å². The number of anilines is 1. The second-order valence-corrected chi connectivity index (χ2v) is 6.55. The van der Waals surface area contributed by atoms with Crippen LogP contribution < -0.4 is 15.4 Å². The van der Waals surface area contributed by atoms with Crippen LogP contribution in [0, 0.1) is 0 Å². The van der Waals surface area contributed by atoms with Crippen molar-refractivity contribution in [3.8, 4) is 5.75 Å². The van der Waals surface area contributed by atoms with Gasteiger partial charge in [-0.25, -0.2) is 13.2 Å². The van der Waals surface area contributed by atoms with Gasteiger partial charge in [-0.15, -0.1) is 0 Å². The van der Waals surface area contributed by atoms with Crippen LogP contribution in [0.15, 0.2) is 29.7 Å². The topological polar surface area (TPSA) is 84.5 Å². The Morgan fingerprint density at radius 2 is 2.20 bits per heavy atom. The van der Waals surface area contributed by atoms with Crippen molar-refractivity contribution >= 4 is 33.2 Å². The number of benzene rings is 1. The highest BCUT2D eigenvalue weighted by atomic mass is 35.5. The van der Waals surface area contributed by atoms with Crippen LogP contribution in [0.1, 0.15) is 0 Å². The van der Waals surface area contributed by atoms with E-state index in [-0.39, 0.29) is 5.75 Å². The van der Waals surface area contributed by atoms with E-state index in [0.717, 1.165) is 5.41 Å². The number of carbonyl (C=O) groups excluding carboxylic acids is 1.